The second-order valence-electron chi connectivity index (χ2n) is 8.81. The number of imide groups is 1. The van der Waals surface area contributed by atoms with E-state index in [4.69, 9.17) is 0 Å². The van der Waals surface area contributed by atoms with Gasteiger partial charge in [-0.05, 0) is 48.6 Å². The number of hydrogen-bond donors (Lipinski definition) is 1. The summed E-state index contributed by atoms with van der Waals surface area (Å²) in [5.74, 6) is -0.263. The number of rotatable bonds is 2. The molecule has 3 aliphatic rings. The highest BCUT2D eigenvalue weighted by Crippen LogP contribution is 2.43. The maximum atomic E-state index is 13.5. The number of nitrogens with zero attached hydrogens (tertiary/aromatic N) is 3. The monoisotopic (exact) mass is 504 g/mol. The molecule has 3 heterocycles. The topological polar surface area (TPSA) is 73.0 Å². The van der Waals surface area contributed by atoms with E-state index in [2.05, 4.69) is 21.2 Å². The molecule has 0 spiro atoms. The number of urea groups is 2. The molecule has 3 aromatic rings. The maximum absolute atomic E-state index is 13.5. The summed E-state index contributed by atoms with van der Waals surface area (Å²) in [6.07, 6.45) is 0.623. The first-order chi connectivity index (χ1) is 15.9. The van der Waals surface area contributed by atoms with Crippen LogP contribution in [0.4, 0.5) is 21.0 Å². The summed E-state index contributed by atoms with van der Waals surface area (Å²) in [6.45, 7) is 2.38. The molecule has 5 amide bonds. The third-order valence-corrected chi connectivity index (χ3v) is 7.83. The number of aryl methyl sites for hydroxylation is 1. The van der Waals surface area contributed by atoms with Crippen LogP contribution in [0.2, 0.25) is 0 Å². The lowest BCUT2D eigenvalue weighted by molar-refractivity contribution is -0.120. The number of anilines is 2. The van der Waals surface area contributed by atoms with Crippen molar-refractivity contribution in [3.63, 3.8) is 0 Å². The molecule has 8 heteroatoms. The third-order valence-electron chi connectivity index (χ3n) is 6.94. The molecule has 7 nitrogen and oxygen atoms in total. The Morgan fingerprint density at radius 2 is 1.85 bits per heavy atom. The number of carbonyl (C=O) groups is 3. The van der Waals surface area contributed by atoms with Gasteiger partial charge < -0.3 is 15.1 Å². The number of nitrogens with one attached hydrogen (secondary N) is 1. The van der Waals surface area contributed by atoms with Crippen molar-refractivity contribution >= 4 is 56.0 Å². The smallest absolute Gasteiger partial charge is 0.317 e. The van der Waals surface area contributed by atoms with E-state index in [1.54, 1.807) is 9.80 Å². The second-order valence-corrected chi connectivity index (χ2v) is 9.66. The third kappa shape index (κ3) is 2.97. The summed E-state index contributed by atoms with van der Waals surface area (Å²) in [6, 6.07) is 17.3. The van der Waals surface area contributed by atoms with Gasteiger partial charge in [0.2, 0.25) is 0 Å². The quantitative estimate of drug-likeness (QED) is 0.512. The fourth-order valence-electron chi connectivity index (χ4n) is 5.43. The van der Waals surface area contributed by atoms with E-state index in [1.807, 2.05) is 67.6 Å². The summed E-state index contributed by atoms with van der Waals surface area (Å²) in [5, 5.41) is 4.77. The molecule has 166 valence electrons. The molecule has 0 saturated carbocycles. The fourth-order valence-corrected chi connectivity index (χ4v) is 5.68. The van der Waals surface area contributed by atoms with Crippen molar-refractivity contribution in [3.05, 3.63) is 70.7 Å². The van der Waals surface area contributed by atoms with Gasteiger partial charge in [-0.15, -0.1) is 0 Å². The van der Waals surface area contributed by atoms with E-state index in [0.717, 1.165) is 20.8 Å². The van der Waals surface area contributed by atoms with Gasteiger partial charge in [-0.25, -0.2) is 14.5 Å². The highest BCUT2D eigenvalue weighted by Gasteiger charge is 2.63. The average molecular weight is 505 g/mol. The van der Waals surface area contributed by atoms with Gasteiger partial charge in [0, 0.05) is 22.1 Å². The minimum absolute atomic E-state index is 0.158. The second kappa shape index (κ2) is 7.31. The van der Waals surface area contributed by atoms with Crippen LogP contribution in [0, 0.1) is 6.92 Å². The maximum Gasteiger partial charge on any atom is 0.332 e. The van der Waals surface area contributed by atoms with Crippen LogP contribution in [0.25, 0.3) is 10.8 Å². The van der Waals surface area contributed by atoms with Crippen LogP contribution < -0.4 is 10.2 Å². The first-order valence-electron chi connectivity index (χ1n) is 10.9. The van der Waals surface area contributed by atoms with E-state index in [1.165, 1.54) is 4.90 Å². The Balaban J connectivity index is 1.28. The number of hydrogen-bond acceptors (Lipinski definition) is 3. The van der Waals surface area contributed by atoms with Gasteiger partial charge in [0.15, 0.2) is 0 Å². The molecule has 3 fully saturated rings. The van der Waals surface area contributed by atoms with Crippen molar-refractivity contribution in [1.29, 1.82) is 0 Å². The Bertz CT molecular complexity index is 1340. The van der Waals surface area contributed by atoms with Crippen LogP contribution in [0.5, 0.6) is 0 Å². The zero-order valence-electron chi connectivity index (χ0n) is 17.9. The zero-order chi connectivity index (χ0) is 22.9. The zero-order valence-corrected chi connectivity index (χ0v) is 19.5. The molecule has 3 aromatic carbocycles. The number of piperazine rings is 1. The molecular weight excluding hydrogens is 484 g/mol. The van der Waals surface area contributed by atoms with E-state index >= 15 is 0 Å². The number of carbonyl (C=O) groups excluding carboxylic acids is 3. The minimum Gasteiger partial charge on any atom is -0.317 e. The first-order valence-corrected chi connectivity index (χ1v) is 11.7. The van der Waals surface area contributed by atoms with Crippen LogP contribution >= 0.6 is 15.9 Å². The Morgan fingerprint density at radius 3 is 2.67 bits per heavy atom. The van der Waals surface area contributed by atoms with Crippen LogP contribution in [0.1, 0.15) is 12.0 Å². The fraction of sp³-hybridized carbons (Fsp3) is 0.240. The summed E-state index contributed by atoms with van der Waals surface area (Å²) in [7, 11) is 0. The number of amides is 5. The van der Waals surface area contributed by atoms with Gasteiger partial charge in [0.1, 0.15) is 6.04 Å². The van der Waals surface area contributed by atoms with Gasteiger partial charge in [-0.3, -0.25) is 4.79 Å². The largest absolute Gasteiger partial charge is 0.332 e. The molecule has 3 atom stereocenters. The van der Waals surface area contributed by atoms with Crippen LogP contribution in [-0.2, 0) is 4.79 Å². The van der Waals surface area contributed by atoms with Gasteiger partial charge in [-0.2, -0.15) is 0 Å². The Labute approximate surface area is 199 Å². The van der Waals surface area contributed by atoms with Crippen molar-refractivity contribution in [2.24, 2.45) is 0 Å². The molecule has 3 aliphatic heterocycles. The predicted molar refractivity (Wildman–Crippen MR) is 129 cm³/mol. The lowest BCUT2D eigenvalue weighted by Gasteiger charge is -2.34. The van der Waals surface area contributed by atoms with Crippen LogP contribution in [0.3, 0.4) is 0 Å². The van der Waals surface area contributed by atoms with Gasteiger partial charge in [-0.1, -0.05) is 52.3 Å². The molecular formula is C25H21BrN4O3. The van der Waals surface area contributed by atoms with Crippen molar-refractivity contribution in [1.82, 2.24) is 9.80 Å². The highest BCUT2D eigenvalue weighted by molar-refractivity contribution is 9.10. The summed E-state index contributed by atoms with van der Waals surface area (Å²) < 4.78 is 0.972. The molecule has 33 heavy (non-hydrogen) atoms. The molecule has 0 radical (unpaired) electrons. The standard InChI is InChI=1S/C25H21BrN4O3/c1-14-11-16(9-10-19(14)26)27-24(32)28-13-17-12-21(28)22-23(31)30(25(33)29(17)22)20-8-4-6-15-5-2-3-7-18(15)20/h2-11,17,21-22H,12-13H2,1H3,(H,27,32)/t17-,21-,22-/m0/s1. The number of likely N-dealkylation sites (tertiary alicyclic amines) is 1. The Morgan fingerprint density at radius 1 is 1.06 bits per heavy atom. The van der Waals surface area contributed by atoms with Crippen molar-refractivity contribution in [3.8, 4) is 0 Å². The molecule has 0 unspecified atom stereocenters. The van der Waals surface area contributed by atoms with Crippen LogP contribution in [-0.4, -0.2) is 52.4 Å². The summed E-state index contributed by atoms with van der Waals surface area (Å²) in [5.41, 5.74) is 2.31. The van der Waals surface area contributed by atoms with E-state index < -0.39 is 6.04 Å². The van der Waals surface area contributed by atoms with Crippen molar-refractivity contribution in [2.45, 2.75) is 31.5 Å². The molecule has 0 aliphatic carbocycles. The number of benzene rings is 3. The molecule has 1 N–H and O–H groups in total. The number of fused-ring (bicyclic) bond motifs is 6. The Hall–Kier alpha value is -3.39. The Kier molecular flexibility index (Phi) is 4.48. The SMILES string of the molecule is Cc1cc(NC(=O)N2C[C@@H]3C[C@H]2[C@H]2C(=O)N(c4cccc5ccccc45)C(=O)N32)ccc1Br. The highest BCUT2D eigenvalue weighted by atomic mass is 79.9. The van der Waals surface area contributed by atoms with Crippen LogP contribution in [0.15, 0.2) is 65.1 Å². The molecule has 6 rings (SSSR count). The van der Waals surface area contributed by atoms with Gasteiger partial charge >= 0.3 is 12.1 Å². The number of halogens is 1. The first kappa shape index (κ1) is 20.2. The average Bonchev–Trinajstić information content (AvgIpc) is 3.47. The van der Waals surface area contributed by atoms with Crippen molar-refractivity contribution < 1.29 is 14.4 Å². The van der Waals surface area contributed by atoms with E-state index in [0.29, 0.717) is 24.3 Å². The lowest BCUT2D eigenvalue weighted by atomic mass is 10.1. The summed E-state index contributed by atoms with van der Waals surface area (Å²) >= 11 is 3.47. The van der Waals surface area contributed by atoms with Crippen molar-refractivity contribution in [2.75, 3.05) is 16.8 Å². The lowest BCUT2D eigenvalue weighted by Crippen LogP contribution is -2.55. The van der Waals surface area contributed by atoms with E-state index in [-0.39, 0.29) is 30.1 Å². The molecule has 2 bridgehead atoms. The van der Waals surface area contributed by atoms with E-state index in [9.17, 15) is 14.4 Å². The summed E-state index contributed by atoms with van der Waals surface area (Å²) in [4.78, 5) is 44.7. The van der Waals surface area contributed by atoms with Gasteiger partial charge in [0.05, 0.1) is 17.8 Å². The molecule has 0 aromatic heterocycles. The minimum atomic E-state index is -0.646. The van der Waals surface area contributed by atoms with Gasteiger partial charge in [0.25, 0.3) is 5.91 Å². The molecule has 3 saturated heterocycles. The normalized spacial score (nSPS) is 23.6. The predicted octanol–water partition coefficient (Wildman–Crippen LogP) is 4.74.